The van der Waals surface area contributed by atoms with E-state index < -0.39 is 0 Å². The van der Waals surface area contributed by atoms with E-state index in [1.807, 2.05) is 32.3 Å². The van der Waals surface area contributed by atoms with E-state index >= 15 is 0 Å². The predicted molar refractivity (Wildman–Crippen MR) is 77.4 cm³/mol. The van der Waals surface area contributed by atoms with Crippen molar-refractivity contribution in [1.82, 2.24) is 5.32 Å². The highest BCUT2D eigenvalue weighted by atomic mass is 16.5. The van der Waals surface area contributed by atoms with Crippen molar-refractivity contribution in [1.29, 1.82) is 0 Å². The molecule has 2 aromatic carbocycles. The highest BCUT2D eigenvalue weighted by Gasteiger charge is 2.19. The number of rotatable bonds is 2. The molecule has 19 heavy (non-hydrogen) atoms. The Bertz CT molecular complexity index is 563. The Morgan fingerprint density at radius 1 is 1.05 bits per heavy atom. The lowest BCUT2D eigenvalue weighted by Crippen LogP contribution is -2.30. The van der Waals surface area contributed by atoms with Gasteiger partial charge in [-0.05, 0) is 18.2 Å². The van der Waals surface area contributed by atoms with Gasteiger partial charge in [-0.25, -0.2) is 0 Å². The number of nitrogens with zero attached hydrogens (tertiary/aromatic N) is 1. The molecule has 3 nitrogen and oxygen atoms in total. The summed E-state index contributed by atoms with van der Waals surface area (Å²) in [7, 11) is 4.08. The minimum Gasteiger partial charge on any atom is -0.471 e. The fourth-order valence-electron chi connectivity index (χ4n) is 2.27. The zero-order valence-electron chi connectivity index (χ0n) is 11.3. The fourth-order valence-corrected chi connectivity index (χ4v) is 2.27. The molecule has 1 aliphatic rings. The molecule has 3 rings (SSSR count). The van der Waals surface area contributed by atoms with Crippen LogP contribution in [0.2, 0.25) is 0 Å². The average Bonchev–Trinajstić information content (AvgIpc) is 2.47. The molecular weight excluding hydrogens is 236 g/mol. The first-order valence-corrected chi connectivity index (χ1v) is 6.49. The van der Waals surface area contributed by atoms with Crippen molar-refractivity contribution in [3.63, 3.8) is 0 Å². The molecule has 0 aromatic heterocycles. The third kappa shape index (κ3) is 2.42. The molecule has 1 aliphatic heterocycles. The number of hydrogen-bond acceptors (Lipinski definition) is 3. The second-order valence-electron chi connectivity index (χ2n) is 4.97. The van der Waals surface area contributed by atoms with Crippen LogP contribution >= 0.6 is 0 Å². The van der Waals surface area contributed by atoms with Gasteiger partial charge in [0.05, 0.1) is 0 Å². The van der Waals surface area contributed by atoms with Gasteiger partial charge in [-0.1, -0.05) is 30.3 Å². The number of para-hydroxylation sites is 1. The van der Waals surface area contributed by atoms with Crippen molar-refractivity contribution in [2.45, 2.75) is 12.8 Å². The van der Waals surface area contributed by atoms with Crippen molar-refractivity contribution in [2.24, 2.45) is 0 Å². The molecule has 0 amide bonds. The Morgan fingerprint density at radius 2 is 1.79 bits per heavy atom. The number of nitrogens with one attached hydrogen (secondary N) is 1. The Labute approximate surface area is 113 Å². The van der Waals surface area contributed by atoms with Gasteiger partial charge in [0.15, 0.2) is 6.23 Å². The molecule has 0 fully saturated rings. The zero-order valence-corrected chi connectivity index (χ0v) is 11.3. The van der Waals surface area contributed by atoms with Gasteiger partial charge in [0.1, 0.15) is 5.75 Å². The summed E-state index contributed by atoms with van der Waals surface area (Å²) in [5.41, 5.74) is 3.56. The van der Waals surface area contributed by atoms with Gasteiger partial charge in [0.2, 0.25) is 0 Å². The molecule has 0 spiro atoms. The van der Waals surface area contributed by atoms with E-state index in [1.165, 1.54) is 11.3 Å². The monoisotopic (exact) mass is 254 g/mol. The van der Waals surface area contributed by atoms with Crippen LogP contribution in [0, 0.1) is 0 Å². The molecular formula is C16H18N2O. The summed E-state index contributed by atoms with van der Waals surface area (Å²) in [6.45, 7) is 0.844. The number of benzene rings is 2. The number of ether oxygens (including phenoxy) is 1. The third-order valence-corrected chi connectivity index (χ3v) is 3.41. The minimum atomic E-state index is -0.0638. The maximum absolute atomic E-state index is 5.99. The van der Waals surface area contributed by atoms with E-state index in [4.69, 9.17) is 4.74 Å². The second kappa shape index (κ2) is 4.94. The molecule has 0 saturated heterocycles. The lowest BCUT2D eigenvalue weighted by Gasteiger charge is -2.27. The standard InChI is InChI=1S/C16H18N2O/c1-18(2)14-9-7-12(8-10-14)16-17-11-13-5-3-4-6-15(13)19-16/h3-10,16-17H,11H2,1-2H3. The van der Waals surface area contributed by atoms with E-state index in [2.05, 4.69) is 40.5 Å². The van der Waals surface area contributed by atoms with Crippen LogP contribution in [-0.2, 0) is 6.54 Å². The summed E-state index contributed by atoms with van der Waals surface area (Å²) >= 11 is 0. The van der Waals surface area contributed by atoms with Gasteiger partial charge in [-0.2, -0.15) is 0 Å². The normalized spacial score (nSPS) is 17.5. The van der Waals surface area contributed by atoms with Crippen molar-refractivity contribution >= 4 is 5.69 Å². The van der Waals surface area contributed by atoms with Crippen LogP contribution in [0.5, 0.6) is 5.75 Å². The lowest BCUT2D eigenvalue weighted by molar-refractivity contribution is 0.144. The molecule has 0 saturated carbocycles. The second-order valence-corrected chi connectivity index (χ2v) is 4.97. The molecule has 1 heterocycles. The summed E-state index contributed by atoms with van der Waals surface area (Å²) < 4.78 is 5.99. The predicted octanol–water partition coefficient (Wildman–Crippen LogP) is 2.93. The SMILES string of the molecule is CN(C)c1ccc(C2NCc3ccccc3O2)cc1. The average molecular weight is 254 g/mol. The Kier molecular flexibility index (Phi) is 3.13. The van der Waals surface area contributed by atoms with Crippen LogP contribution in [-0.4, -0.2) is 14.1 Å². The molecule has 3 heteroatoms. The van der Waals surface area contributed by atoms with Crippen LogP contribution < -0.4 is 15.0 Å². The van der Waals surface area contributed by atoms with E-state index in [0.29, 0.717) is 0 Å². The first-order chi connectivity index (χ1) is 9.24. The van der Waals surface area contributed by atoms with Crippen LogP contribution in [0.25, 0.3) is 0 Å². The maximum Gasteiger partial charge on any atom is 0.176 e. The van der Waals surface area contributed by atoms with Crippen molar-refractivity contribution in [3.8, 4) is 5.75 Å². The smallest absolute Gasteiger partial charge is 0.176 e. The first-order valence-electron chi connectivity index (χ1n) is 6.49. The van der Waals surface area contributed by atoms with Gasteiger partial charge < -0.3 is 9.64 Å². The quantitative estimate of drug-likeness (QED) is 0.891. The molecule has 1 atom stereocenters. The summed E-state index contributed by atoms with van der Waals surface area (Å²) in [5.74, 6) is 0.975. The van der Waals surface area contributed by atoms with Crippen LogP contribution in [0.1, 0.15) is 17.4 Å². The molecule has 2 aromatic rings. The summed E-state index contributed by atoms with van der Waals surface area (Å²) in [6.07, 6.45) is -0.0638. The lowest BCUT2D eigenvalue weighted by atomic mass is 10.1. The summed E-state index contributed by atoms with van der Waals surface area (Å²) in [6, 6.07) is 16.6. The molecule has 0 radical (unpaired) electrons. The number of fused-ring (bicyclic) bond motifs is 1. The van der Waals surface area contributed by atoms with Gasteiger partial charge in [-0.15, -0.1) is 0 Å². The molecule has 1 unspecified atom stereocenters. The Morgan fingerprint density at radius 3 is 2.53 bits per heavy atom. The third-order valence-electron chi connectivity index (χ3n) is 3.41. The molecule has 0 aliphatic carbocycles. The zero-order chi connectivity index (χ0) is 13.2. The van der Waals surface area contributed by atoms with Gasteiger partial charge in [0.25, 0.3) is 0 Å². The van der Waals surface area contributed by atoms with Gasteiger partial charge in [0, 0.05) is 37.5 Å². The number of anilines is 1. The van der Waals surface area contributed by atoms with Crippen molar-refractivity contribution in [2.75, 3.05) is 19.0 Å². The Balaban J connectivity index is 1.81. The van der Waals surface area contributed by atoms with E-state index in [1.54, 1.807) is 0 Å². The van der Waals surface area contributed by atoms with E-state index in [-0.39, 0.29) is 6.23 Å². The molecule has 98 valence electrons. The molecule has 1 N–H and O–H groups in total. The van der Waals surface area contributed by atoms with Crippen LogP contribution in [0.15, 0.2) is 48.5 Å². The number of hydrogen-bond donors (Lipinski definition) is 1. The summed E-state index contributed by atoms with van der Waals surface area (Å²) in [4.78, 5) is 2.09. The van der Waals surface area contributed by atoms with Crippen LogP contribution in [0.3, 0.4) is 0 Å². The largest absolute Gasteiger partial charge is 0.471 e. The van der Waals surface area contributed by atoms with Gasteiger partial charge >= 0.3 is 0 Å². The fraction of sp³-hybridized carbons (Fsp3) is 0.250. The Hall–Kier alpha value is -2.00. The summed E-state index contributed by atoms with van der Waals surface area (Å²) in [5, 5.41) is 3.40. The van der Waals surface area contributed by atoms with E-state index in [0.717, 1.165) is 17.9 Å². The van der Waals surface area contributed by atoms with Crippen molar-refractivity contribution < 1.29 is 4.74 Å². The molecule has 0 bridgehead atoms. The van der Waals surface area contributed by atoms with E-state index in [9.17, 15) is 0 Å². The highest BCUT2D eigenvalue weighted by Crippen LogP contribution is 2.29. The first kappa shape index (κ1) is 12.1. The minimum absolute atomic E-state index is 0.0638. The topological polar surface area (TPSA) is 24.5 Å². The maximum atomic E-state index is 5.99. The van der Waals surface area contributed by atoms with Crippen molar-refractivity contribution in [3.05, 3.63) is 59.7 Å². The van der Waals surface area contributed by atoms with Gasteiger partial charge in [-0.3, -0.25) is 5.32 Å². The highest BCUT2D eigenvalue weighted by molar-refractivity contribution is 5.46. The van der Waals surface area contributed by atoms with Crippen LogP contribution in [0.4, 0.5) is 5.69 Å².